The van der Waals surface area contributed by atoms with E-state index in [-0.39, 0.29) is 5.75 Å². The number of phenols is 1. The molecule has 0 aliphatic rings. The molecule has 0 fully saturated rings. The summed E-state index contributed by atoms with van der Waals surface area (Å²) < 4.78 is 5.08. The van der Waals surface area contributed by atoms with E-state index in [1.165, 1.54) is 38.5 Å². The third-order valence-corrected chi connectivity index (χ3v) is 3.24. The van der Waals surface area contributed by atoms with Gasteiger partial charge >= 0.3 is 0 Å². The number of unbranched alkanes of at least 4 members (excludes halogenated alkanes) is 6. The van der Waals surface area contributed by atoms with Crippen molar-refractivity contribution in [2.24, 2.45) is 0 Å². The Morgan fingerprint density at radius 1 is 1.11 bits per heavy atom. The Balaban J connectivity index is 2.25. The molecule has 0 spiro atoms. The molecule has 0 heterocycles. The SMILES string of the molecule is CCCCCCCCC=Cc1ccc(O)c(OC)c1. The molecule has 0 radical (unpaired) electrons. The van der Waals surface area contributed by atoms with E-state index in [4.69, 9.17) is 4.74 Å². The minimum atomic E-state index is 0.190. The number of rotatable bonds is 9. The molecule has 106 valence electrons. The maximum atomic E-state index is 9.50. The summed E-state index contributed by atoms with van der Waals surface area (Å²) in [5.41, 5.74) is 1.07. The normalized spacial score (nSPS) is 11.1. The first-order valence-corrected chi connectivity index (χ1v) is 7.31. The fourth-order valence-electron chi connectivity index (χ4n) is 2.06. The van der Waals surface area contributed by atoms with Crippen molar-refractivity contribution in [3.63, 3.8) is 0 Å². The molecule has 0 aromatic heterocycles. The van der Waals surface area contributed by atoms with Crippen LogP contribution in [0.4, 0.5) is 0 Å². The van der Waals surface area contributed by atoms with Gasteiger partial charge in [-0.1, -0.05) is 57.2 Å². The van der Waals surface area contributed by atoms with Crippen LogP contribution in [0.25, 0.3) is 6.08 Å². The number of ether oxygens (including phenoxy) is 1. The molecule has 0 saturated carbocycles. The lowest BCUT2D eigenvalue weighted by Crippen LogP contribution is -1.84. The van der Waals surface area contributed by atoms with E-state index in [1.54, 1.807) is 13.2 Å². The van der Waals surface area contributed by atoms with Gasteiger partial charge in [0.1, 0.15) is 0 Å². The zero-order chi connectivity index (χ0) is 13.9. The average Bonchev–Trinajstić information content (AvgIpc) is 2.43. The van der Waals surface area contributed by atoms with Crippen molar-refractivity contribution < 1.29 is 9.84 Å². The molecule has 0 atom stereocenters. The molecule has 1 rings (SSSR count). The Hall–Kier alpha value is -1.44. The van der Waals surface area contributed by atoms with Gasteiger partial charge in [-0.05, 0) is 30.5 Å². The molecule has 1 aromatic carbocycles. The van der Waals surface area contributed by atoms with Gasteiger partial charge in [-0.2, -0.15) is 0 Å². The van der Waals surface area contributed by atoms with Crippen LogP contribution in [0.1, 0.15) is 57.4 Å². The second-order valence-corrected chi connectivity index (χ2v) is 4.89. The van der Waals surface area contributed by atoms with Gasteiger partial charge in [0, 0.05) is 0 Å². The summed E-state index contributed by atoms with van der Waals surface area (Å²) in [7, 11) is 1.57. The van der Waals surface area contributed by atoms with Crippen molar-refractivity contribution in [1.29, 1.82) is 0 Å². The molecule has 0 bridgehead atoms. The maximum absolute atomic E-state index is 9.50. The fraction of sp³-hybridized carbons (Fsp3) is 0.529. The molecule has 0 amide bonds. The van der Waals surface area contributed by atoms with Gasteiger partial charge in [0.25, 0.3) is 0 Å². The highest BCUT2D eigenvalue weighted by Gasteiger charge is 1.99. The minimum Gasteiger partial charge on any atom is -0.504 e. The Morgan fingerprint density at radius 2 is 1.84 bits per heavy atom. The highest BCUT2D eigenvalue weighted by molar-refractivity contribution is 5.55. The van der Waals surface area contributed by atoms with Crippen molar-refractivity contribution >= 4 is 6.08 Å². The van der Waals surface area contributed by atoms with Crippen molar-refractivity contribution in [1.82, 2.24) is 0 Å². The summed E-state index contributed by atoms with van der Waals surface area (Å²) in [4.78, 5) is 0. The topological polar surface area (TPSA) is 29.5 Å². The number of benzene rings is 1. The Morgan fingerprint density at radius 3 is 2.58 bits per heavy atom. The van der Waals surface area contributed by atoms with E-state index in [9.17, 15) is 5.11 Å². The first-order valence-electron chi connectivity index (χ1n) is 7.31. The van der Waals surface area contributed by atoms with E-state index in [2.05, 4.69) is 19.1 Å². The molecular weight excluding hydrogens is 236 g/mol. The van der Waals surface area contributed by atoms with E-state index in [0.717, 1.165) is 12.0 Å². The van der Waals surface area contributed by atoms with Crippen LogP contribution in [-0.4, -0.2) is 12.2 Å². The predicted octanol–water partition coefficient (Wildman–Crippen LogP) is 5.16. The highest BCUT2D eigenvalue weighted by Crippen LogP contribution is 2.26. The van der Waals surface area contributed by atoms with Crippen LogP contribution in [0, 0.1) is 0 Å². The standard InChI is InChI=1S/C17H26O2/c1-3-4-5-6-7-8-9-10-11-15-12-13-16(18)17(14-15)19-2/h10-14,18H,3-9H2,1-2H3. The van der Waals surface area contributed by atoms with Crippen molar-refractivity contribution in [2.45, 2.75) is 51.9 Å². The van der Waals surface area contributed by atoms with Crippen LogP contribution < -0.4 is 4.74 Å². The number of aromatic hydroxyl groups is 1. The van der Waals surface area contributed by atoms with Crippen LogP contribution in [0.2, 0.25) is 0 Å². The van der Waals surface area contributed by atoms with Crippen LogP contribution in [0.3, 0.4) is 0 Å². The molecule has 0 aliphatic heterocycles. The van der Waals surface area contributed by atoms with Gasteiger partial charge in [-0.25, -0.2) is 0 Å². The van der Waals surface area contributed by atoms with Gasteiger partial charge in [0.15, 0.2) is 11.5 Å². The first-order chi connectivity index (χ1) is 9.27. The second kappa shape index (κ2) is 9.48. The average molecular weight is 262 g/mol. The van der Waals surface area contributed by atoms with E-state index in [1.807, 2.05) is 12.1 Å². The van der Waals surface area contributed by atoms with E-state index in [0.29, 0.717) is 5.75 Å². The Labute approximate surface area is 117 Å². The lowest BCUT2D eigenvalue weighted by molar-refractivity contribution is 0.373. The third-order valence-electron chi connectivity index (χ3n) is 3.24. The molecule has 0 unspecified atom stereocenters. The van der Waals surface area contributed by atoms with Gasteiger partial charge in [-0.3, -0.25) is 0 Å². The number of hydrogen-bond acceptors (Lipinski definition) is 2. The third kappa shape index (κ3) is 6.32. The van der Waals surface area contributed by atoms with E-state index >= 15 is 0 Å². The molecule has 2 heteroatoms. The van der Waals surface area contributed by atoms with Crippen LogP contribution in [0.15, 0.2) is 24.3 Å². The first kappa shape index (κ1) is 15.6. The largest absolute Gasteiger partial charge is 0.504 e. The van der Waals surface area contributed by atoms with Crippen LogP contribution in [0.5, 0.6) is 11.5 Å². The molecule has 19 heavy (non-hydrogen) atoms. The number of methoxy groups -OCH3 is 1. The van der Waals surface area contributed by atoms with Gasteiger partial charge in [0.05, 0.1) is 7.11 Å². The van der Waals surface area contributed by atoms with E-state index < -0.39 is 0 Å². The fourth-order valence-corrected chi connectivity index (χ4v) is 2.06. The number of phenolic OH excluding ortho intramolecular Hbond substituents is 1. The number of allylic oxidation sites excluding steroid dienone is 1. The summed E-state index contributed by atoms with van der Waals surface area (Å²) in [6.07, 6.45) is 13.4. The van der Waals surface area contributed by atoms with Gasteiger partial charge < -0.3 is 9.84 Å². The Bertz CT molecular complexity index is 383. The monoisotopic (exact) mass is 262 g/mol. The molecular formula is C17H26O2. The smallest absolute Gasteiger partial charge is 0.161 e. The molecule has 0 aliphatic carbocycles. The zero-order valence-electron chi connectivity index (χ0n) is 12.2. The van der Waals surface area contributed by atoms with Gasteiger partial charge in [0.2, 0.25) is 0 Å². The minimum absolute atomic E-state index is 0.190. The summed E-state index contributed by atoms with van der Waals surface area (Å²) in [5.74, 6) is 0.720. The Kier molecular flexibility index (Phi) is 7.80. The lowest BCUT2D eigenvalue weighted by atomic mass is 10.1. The van der Waals surface area contributed by atoms with Gasteiger partial charge in [-0.15, -0.1) is 0 Å². The second-order valence-electron chi connectivity index (χ2n) is 4.89. The molecule has 0 saturated heterocycles. The van der Waals surface area contributed by atoms with Crippen molar-refractivity contribution in [3.05, 3.63) is 29.8 Å². The summed E-state index contributed by atoms with van der Waals surface area (Å²) in [6, 6.07) is 5.42. The quantitative estimate of drug-likeness (QED) is 0.622. The van der Waals surface area contributed by atoms with Crippen molar-refractivity contribution in [3.8, 4) is 11.5 Å². The number of hydrogen-bond donors (Lipinski definition) is 1. The van der Waals surface area contributed by atoms with Crippen molar-refractivity contribution in [2.75, 3.05) is 7.11 Å². The lowest BCUT2D eigenvalue weighted by Gasteiger charge is -2.03. The highest BCUT2D eigenvalue weighted by atomic mass is 16.5. The molecule has 1 aromatic rings. The maximum Gasteiger partial charge on any atom is 0.161 e. The summed E-state index contributed by atoms with van der Waals surface area (Å²) in [5, 5.41) is 9.50. The van der Waals surface area contributed by atoms with Crippen LogP contribution >= 0.6 is 0 Å². The zero-order valence-corrected chi connectivity index (χ0v) is 12.2. The predicted molar refractivity (Wildman–Crippen MR) is 81.7 cm³/mol. The summed E-state index contributed by atoms with van der Waals surface area (Å²) in [6.45, 7) is 2.24. The molecule has 2 nitrogen and oxygen atoms in total. The summed E-state index contributed by atoms with van der Waals surface area (Å²) >= 11 is 0. The molecule has 1 N–H and O–H groups in total. The van der Waals surface area contributed by atoms with Crippen LogP contribution in [-0.2, 0) is 0 Å².